The van der Waals surface area contributed by atoms with Gasteiger partial charge in [-0.2, -0.15) is 0 Å². The van der Waals surface area contributed by atoms with E-state index in [4.69, 9.17) is 19.9 Å². The molecule has 0 unspecified atom stereocenters. The standard InChI is InChI=1S/C24H28N2O4S/c1-4-17(12-16-6-9-19(25)10-7-16)24(27)30-14-20-15-31-23(26-20)18-8-11-21(29-5-2)22(13-18)28-3/h6-11,13,15,17H,4-5,12,14,25H2,1-3H3/t17-/m0/s1. The van der Waals surface area contributed by atoms with Crippen molar-refractivity contribution in [1.82, 2.24) is 4.98 Å². The van der Waals surface area contributed by atoms with Crippen LogP contribution in [0, 0.1) is 5.92 Å². The Morgan fingerprint density at radius 2 is 1.90 bits per heavy atom. The molecule has 3 aromatic rings. The van der Waals surface area contributed by atoms with Crippen molar-refractivity contribution in [2.24, 2.45) is 5.92 Å². The fourth-order valence-corrected chi connectivity index (χ4v) is 3.98. The second kappa shape index (κ2) is 10.8. The van der Waals surface area contributed by atoms with Crippen LogP contribution in [0.25, 0.3) is 10.6 Å². The Hall–Kier alpha value is -3.06. The largest absolute Gasteiger partial charge is 0.493 e. The van der Waals surface area contributed by atoms with E-state index in [-0.39, 0.29) is 18.5 Å². The van der Waals surface area contributed by atoms with Gasteiger partial charge < -0.3 is 19.9 Å². The van der Waals surface area contributed by atoms with Gasteiger partial charge in [0.1, 0.15) is 11.6 Å². The van der Waals surface area contributed by atoms with Gasteiger partial charge in [-0.05, 0) is 55.7 Å². The van der Waals surface area contributed by atoms with Crippen LogP contribution in [0.5, 0.6) is 11.5 Å². The van der Waals surface area contributed by atoms with Crippen LogP contribution in [0.2, 0.25) is 0 Å². The van der Waals surface area contributed by atoms with Crippen LogP contribution < -0.4 is 15.2 Å². The Bertz CT molecular complexity index is 1000. The predicted octanol–water partition coefficient (Wildman–Crippen LogP) is 5.11. The number of nitrogens with zero attached hydrogens (tertiary/aromatic N) is 1. The second-order valence-corrected chi connectivity index (χ2v) is 7.96. The van der Waals surface area contributed by atoms with Gasteiger partial charge in [-0.25, -0.2) is 4.98 Å². The summed E-state index contributed by atoms with van der Waals surface area (Å²) in [6.45, 7) is 4.64. The summed E-state index contributed by atoms with van der Waals surface area (Å²) in [7, 11) is 1.61. The van der Waals surface area contributed by atoms with Gasteiger partial charge in [0.25, 0.3) is 0 Å². The normalized spacial score (nSPS) is 11.7. The number of aromatic nitrogens is 1. The molecule has 0 saturated heterocycles. The summed E-state index contributed by atoms with van der Waals surface area (Å²) >= 11 is 1.50. The molecule has 7 heteroatoms. The molecule has 0 aliphatic heterocycles. The number of nitrogen functional groups attached to an aromatic ring is 1. The van der Waals surface area contributed by atoms with E-state index in [9.17, 15) is 4.79 Å². The smallest absolute Gasteiger partial charge is 0.309 e. The maximum atomic E-state index is 12.6. The molecule has 2 N–H and O–H groups in total. The highest BCUT2D eigenvalue weighted by Crippen LogP contribution is 2.34. The van der Waals surface area contributed by atoms with E-state index in [1.165, 1.54) is 11.3 Å². The van der Waals surface area contributed by atoms with Crippen molar-refractivity contribution >= 4 is 23.0 Å². The lowest BCUT2D eigenvalue weighted by Gasteiger charge is -2.14. The summed E-state index contributed by atoms with van der Waals surface area (Å²) in [5.41, 5.74) is 9.17. The van der Waals surface area contributed by atoms with Crippen LogP contribution in [0.1, 0.15) is 31.5 Å². The van der Waals surface area contributed by atoms with Gasteiger partial charge in [0.05, 0.1) is 25.3 Å². The third-order valence-corrected chi connectivity index (χ3v) is 5.85. The van der Waals surface area contributed by atoms with Crippen LogP contribution in [0.3, 0.4) is 0 Å². The average Bonchev–Trinajstić information content (AvgIpc) is 3.26. The Labute approximate surface area is 187 Å². The minimum Gasteiger partial charge on any atom is -0.493 e. The highest BCUT2D eigenvalue weighted by molar-refractivity contribution is 7.13. The first-order chi connectivity index (χ1) is 15.0. The number of hydrogen-bond acceptors (Lipinski definition) is 7. The molecule has 3 rings (SSSR count). The average molecular weight is 441 g/mol. The zero-order valence-corrected chi connectivity index (χ0v) is 18.9. The molecule has 0 aliphatic carbocycles. The van der Waals surface area contributed by atoms with Gasteiger partial charge in [-0.1, -0.05) is 19.1 Å². The molecule has 1 aromatic heterocycles. The van der Waals surface area contributed by atoms with E-state index in [0.29, 0.717) is 36.6 Å². The molecule has 0 radical (unpaired) electrons. The first kappa shape index (κ1) is 22.6. The summed E-state index contributed by atoms with van der Waals surface area (Å²) in [5.74, 6) is 0.955. The van der Waals surface area contributed by atoms with Crippen molar-refractivity contribution in [2.75, 3.05) is 19.5 Å². The van der Waals surface area contributed by atoms with E-state index in [1.807, 2.05) is 61.7 Å². The van der Waals surface area contributed by atoms with Crippen molar-refractivity contribution in [1.29, 1.82) is 0 Å². The van der Waals surface area contributed by atoms with Gasteiger partial charge in [0.2, 0.25) is 0 Å². The number of ether oxygens (including phenoxy) is 3. The fourth-order valence-electron chi connectivity index (χ4n) is 3.18. The van der Waals surface area contributed by atoms with Crippen molar-refractivity contribution in [2.45, 2.75) is 33.3 Å². The fraction of sp³-hybridized carbons (Fsp3) is 0.333. The third kappa shape index (κ3) is 5.98. The minimum atomic E-state index is -0.211. The van der Waals surface area contributed by atoms with Crippen LogP contribution in [0.15, 0.2) is 47.8 Å². The zero-order chi connectivity index (χ0) is 22.2. The molecule has 31 heavy (non-hydrogen) atoms. The lowest BCUT2D eigenvalue weighted by Crippen LogP contribution is -2.19. The minimum absolute atomic E-state index is 0.154. The second-order valence-electron chi connectivity index (χ2n) is 7.10. The predicted molar refractivity (Wildman–Crippen MR) is 123 cm³/mol. The number of carbonyl (C=O) groups is 1. The van der Waals surface area contributed by atoms with Crippen molar-refractivity contribution in [3.05, 3.63) is 59.1 Å². The molecule has 0 spiro atoms. The van der Waals surface area contributed by atoms with E-state index >= 15 is 0 Å². The Morgan fingerprint density at radius 1 is 1.13 bits per heavy atom. The van der Waals surface area contributed by atoms with Crippen molar-refractivity contribution < 1.29 is 19.0 Å². The molecule has 0 bridgehead atoms. The summed E-state index contributed by atoms with van der Waals surface area (Å²) < 4.78 is 16.5. The molecule has 1 atom stereocenters. The SMILES string of the molecule is CCOc1ccc(-c2nc(COC(=O)[C@@H](CC)Cc3ccc(N)cc3)cs2)cc1OC. The van der Waals surface area contributed by atoms with Crippen LogP contribution in [-0.4, -0.2) is 24.7 Å². The molecule has 0 saturated carbocycles. The number of hydrogen-bond donors (Lipinski definition) is 1. The number of benzene rings is 2. The topological polar surface area (TPSA) is 83.7 Å². The quantitative estimate of drug-likeness (QED) is 0.348. The molecular weight excluding hydrogens is 412 g/mol. The molecule has 0 aliphatic rings. The Balaban J connectivity index is 1.61. The van der Waals surface area contributed by atoms with Gasteiger partial charge >= 0.3 is 5.97 Å². The van der Waals surface area contributed by atoms with Gasteiger partial charge in [0, 0.05) is 16.6 Å². The van der Waals surface area contributed by atoms with Crippen molar-refractivity contribution in [3.63, 3.8) is 0 Å². The van der Waals surface area contributed by atoms with Crippen LogP contribution in [-0.2, 0) is 22.6 Å². The lowest BCUT2D eigenvalue weighted by molar-refractivity contribution is -0.150. The molecular formula is C24H28N2O4S. The number of rotatable bonds is 10. The first-order valence-electron chi connectivity index (χ1n) is 10.3. The summed E-state index contributed by atoms with van der Waals surface area (Å²) in [5, 5.41) is 2.74. The maximum Gasteiger partial charge on any atom is 0.309 e. The van der Waals surface area contributed by atoms with Crippen LogP contribution >= 0.6 is 11.3 Å². The Morgan fingerprint density at radius 3 is 2.58 bits per heavy atom. The number of esters is 1. The van der Waals surface area contributed by atoms with Gasteiger partial charge in [-0.15, -0.1) is 11.3 Å². The number of carbonyl (C=O) groups excluding carboxylic acids is 1. The maximum absolute atomic E-state index is 12.6. The molecule has 1 heterocycles. The van der Waals surface area contributed by atoms with E-state index in [1.54, 1.807) is 7.11 Å². The van der Waals surface area contributed by atoms with E-state index < -0.39 is 0 Å². The number of anilines is 1. The molecule has 0 amide bonds. The highest BCUT2D eigenvalue weighted by Gasteiger charge is 2.19. The van der Waals surface area contributed by atoms with Crippen LogP contribution in [0.4, 0.5) is 5.69 Å². The summed E-state index contributed by atoms with van der Waals surface area (Å²) in [6.07, 6.45) is 1.33. The monoisotopic (exact) mass is 440 g/mol. The third-order valence-electron chi connectivity index (χ3n) is 4.91. The zero-order valence-electron chi connectivity index (χ0n) is 18.1. The van der Waals surface area contributed by atoms with Gasteiger partial charge in [-0.3, -0.25) is 4.79 Å². The van der Waals surface area contributed by atoms with Gasteiger partial charge in [0.15, 0.2) is 11.5 Å². The van der Waals surface area contributed by atoms with E-state index in [2.05, 4.69) is 4.98 Å². The highest BCUT2D eigenvalue weighted by atomic mass is 32.1. The first-order valence-corrected chi connectivity index (χ1v) is 11.2. The van der Waals surface area contributed by atoms with E-state index in [0.717, 1.165) is 21.8 Å². The molecule has 2 aromatic carbocycles. The number of thiazole rings is 1. The number of nitrogens with two attached hydrogens (primary N) is 1. The molecule has 164 valence electrons. The number of methoxy groups -OCH3 is 1. The molecule has 0 fully saturated rings. The molecule has 6 nitrogen and oxygen atoms in total. The summed E-state index contributed by atoms with van der Waals surface area (Å²) in [4.78, 5) is 17.2. The van der Waals surface area contributed by atoms with Crippen molar-refractivity contribution in [3.8, 4) is 22.1 Å². The summed E-state index contributed by atoms with van der Waals surface area (Å²) in [6, 6.07) is 13.3. The Kier molecular flexibility index (Phi) is 7.89. The lowest BCUT2D eigenvalue weighted by atomic mass is 9.97.